The van der Waals surface area contributed by atoms with Crippen molar-refractivity contribution in [2.75, 3.05) is 31.1 Å². The molecule has 6 nitrogen and oxygen atoms in total. The maximum Gasteiger partial charge on any atom is 0.181 e. The normalized spacial score (nSPS) is 17.1. The van der Waals surface area contributed by atoms with E-state index in [1.165, 1.54) is 24.1 Å². The molecule has 152 valence electrons. The van der Waals surface area contributed by atoms with Crippen LogP contribution in [0.25, 0.3) is 11.3 Å². The molecule has 3 heterocycles. The van der Waals surface area contributed by atoms with E-state index in [9.17, 15) is 0 Å². The van der Waals surface area contributed by atoms with Crippen LogP contribution in [0.1, 0.15) is 24.4 Å². The zero-order valence-corrected chi connectivity index (χ0v) is 17.6. The van der Waals surface area contributed by atoms with Crippen molar-refractivity contribution in [1.29, 1.82) is 5.26 Å². The number of pyridine rings is 1. The number of benzene rings is 1. The number of hydrogen-bond donors (Lipinski definition) is 0. The van der Waals surface area contributed by atoms with Gasteiger partial charge in [0.25, 0.3) is 0 Å². The average Bonchev–Trinajstić information content (AvgIpc) is 3.59. The predicted octanol–water partition coefficient (Wildman–Crippen LogP) is 4.07. The fourth-order valence-electron chi connectivity index (χ4n) is 4.11. The lowest BCUT2D eigenvalue weighted by Crippen LogP contribution is -2.47. The molecule has 0 atom stereocenters. The Morgan fingerprint density at radius 3 is 2.53 bits per heavy atom. The van der Waals surface area contributed by atoms with Gasteiger partial charge in [0, 0.05) is 44.6 Å². The smallest absolute Gasteiger partial charge is 0.181 e. The Morgan fingerprint density at radius 2 is 1.83 bits per heavy atom. The Morgan fingerprint density at radius 1 is 1.07 bits per heavy atom. The first-order valence-electron chi connectivity index (χ1n) is 10.4. The van der Waals surface area contributed by atoms with Gasteiger partial charge in [-0.15, -0.1) is 0 Å². The van der Waals surface area contributed by atoms with Gasteiger partial charge in [-0.3, -0.25) is 4.90 Å². The molecule has 1 aliphatic heterocycles. The SMILES string of the molecule is N#Cc1ccnc(N2CCN(Cn3cc(-c4ccccc4)n(C4CC4)c3=S)CC2)c1. The molecule has 1 aromatic carbocycles. The third-order valence-electron chi connectivity index (χ3n) is 5.89. The summed E-state index contributed by atoms with van der Waals surface area (Å²) in [6, 6.07) is 16.9. The lowest BCUT2D eigenvalue weighted by Gasteiger charge is -2.35. The molecule has 1 saturated heterocycles. The molecule has 0 spiro atoms. The van der Waals surface area contributed by atoms with Crippen LogP contribution in [0.3, 0.4) is 0 Å². The molecule has 0 bridgehead atoms. The first-order valence-corrected chi connectivity index (χ1v) is 10.8. The second-order valence-electron chi connectivity index (χ2n) is 7.99. The molecule has 5 rings (SSSR count). The van der Waals surface area contributed by atoms with Gasteiger partial charge >= 0.3 is 0 Å². The highest BCUT2D eigenvalue weighted by molar-refractivity contribution is 7.71. The molecule has 2 fully saturated rings. The highest BCUT2D eigenvalue weighted by atomic mass is 32.1. The lowest BCUT2D eigenvalue weighted by molar-refractivity contribution is 0.204. The summed E-state index contributed by atoms with van der Waals surface area (Å²) >= 11 is 5.87. The van der Waals surface area contributed by atoms with Crippen molar-refractivity contribution in [2.45, 2.75) is 25.6 Å². The standard InChI is InChI=1S/C23H24N6S/c24-15-18-8-9-25-22(14-18)27-12-10-26(11-13-27)17-28-16-21(19-4-2-1-3-5-19)29(23(28)30)20-6-7-20/h1-5,8-9,14,16,20H,6-7,10-13,17H2. The number of rotatable bonds is 5. The molecule has 1 saturated carbocycles. The Kier molecular flexibility index (Phi) is 5.11. The van der Waals surface area contributed by atoms with Crippen LogP contribution in [0.15, 0.2) is 54.9 Å². The van der Waals surface area contributed by atoms with Crippen molar-refractivity contribution in [3.63, 3.8) is 0 Å². The Hall–Kier alpha value is -2.95. The number of imidazole rings is 1. The molecule has 30 heavy (non-hydrogen) atoms. The summed E-state index contributed by atoms with van der Waals surface area (Å²) in [4.78, 5) is 9.13. The molecule has 0 N–H and O–H groups in total. The monoisotopic (exact) mass is 416 g/mol. The van der Waals surface area contributed by atoms with E-state index in [0.29, 0.717) is 11.6 Å². The first-order chi connectivity index (χ1) is 14.7. The van der Waals surface area contributed by atoms with Crippen LogP contribution < -0.4 is 4.90 Å². The van der Waals surface area contributed by atoms with Crippen molar-refractivity contribution < 1.29 is 0 Å². The van der Waals surface area contributed by atoms with Gasteiger partial charge in [-0.05, 0) is 42.8 Å². The summed E-state index contributed by atoms with van der Waals surface area (Å²) in [6.45, 7) is 4.47. The number of anilines is 1. The van der Waals surface area contributed by atoms with Gasteiger partial charge in [-0.25, -0.2) is 4.98 Å². The summed E-state index contributed by atoms with van der Waals surface area (Å²) < 4.78 is 5.49. The number of piperazine rings is 1. The van der Waals surface area contributed by atoms with E-state index in [1.54, 1.807) is 12.3 Å². The summed E-state index contributed by atoms with van der Waals surface area (Å²) in [5, 5.41) is 9.12. The van der Waals surface area contributed by atoms with Gasteiger partial charge in [-0.2, -0.15) is 5.26 Å². The van der Waals surface area contributed by atoms with Crippen LogP contribution in [-0.2, 0) is 6.67 Å². The minimum absolute atomic E-state index is 0.546. The maximum atomic E-state index is 9.12. The quantitative estimate of drug-likeness (QED) is 0.587. The topological polar surface area (TPSA) is 53.0 Å². The van der Waals surface area contributed by atoms with E-state index in [0.717, 1.165) is 43.4 Å². The molecule has 0 amide bonds. The van der Waals surface area contributed by atoms with E-state index in [1.807, 2.05) is 6.07 Å². The van der Waals surface area contributed by atoms with Crippen LogP contribution in [0.5, 0.6) is 0 Å². The average molecular weight is 417 g/mol. The maximum absolute atomic E-state index is 9.12. The zero-order valence-electron chi connectivity index (χ0n) is 16.8. The molecule has 3 aromatic rings. The Labute approximate surface area is 181 Å². The van der Waals surface area contributed by atoms with E-state index in [4.69, 9.17) is 17.5 Å². The van der Waals surface area contributed by atoms with Crippen molar-refractivity contribution in [3.05, 3.63) is 65.2 Å². The van der Waals surface area contributed by atoms with Crippen molar-refractivity contribution in [2.24, 2.45) is 0 Å². The minimum Gasteiger partial charge on any atom is -0.354 e. The van der Waals surface area contributed by atoms with Crippen molar-refractivity contribution in [3.8, 4) is 17.3 Å². The van der Waals surface area contributed by atoms with Crippen LogP contribution in [0.2, 0.25) is 0 Å². The molecule has 0 radical (unpaired) electrons. The summed E-state index contributed by atoms with van der Waals surface area (Å²) in [5.74, 6) is 0.886. The van der Waals surface area contributed by atoms with Gasteiger partial charge in [0.1, 0.15) is 5.82 Å². The van der Waals surface area contributed by atoms with Crippen molar-refractivity contribution >= 4 is 18.0 Å². The Bertz CT molecular complexity index is 1130. The molecular formula is C23H24N6S. The minimum atomic E-state index is 0.546. The highest BCUT2D eigenvalue weighted by Gasteiger charge is 2.28. The summed E-state index contributed by atoms with van der Waals surface area (Å²) in [6.07, 6.45) is 6.36. The zero-order chi connectivity index (χ0) is 20.5. The third kappa shape index (κ3) is 3.76. The van der Waals surface area contributed by atoms with E-state index >= 15 is 0 Å². The molecule has 2 aliphatic rings. The van der Waals surface area contributed by atoms with Gasteiger partial charge in [0.05, 0.1) is 24.0 Å². The van der Waals surface area contributed by atoms with Gasteiger partial charge < -0.3 is 14.0 Å². The van der Waals surface area contributed by atoms with Crippen LogP contribution >= 0.6 is 12.2 Å². The van der Waals surface area contributed by atoms with Crippen LogP contribution in [0.4, 0.5) is 5.82 Å². The molecule has 2 aromatic heterocycles. The van der Waals surface area contributed by atoms with Crippen molar-refractivity contribution in [1.82, 2.24) is 19.0 Å². The second-order valence-corrected chi connectivity index (χ2v) is 8.36. The summed E-state index contributed by atoms with van der Waals surface area (Å²) in [5.41, 5.74) is 3.10. The molecule has 7 heteroatoms. The predicted molar refractivity (Wildman–Crippen MR) is 120 cm³/mol. The largest absolute Gasteiger partial charge is 0.354 e. The molecule has 1 aliphatic carbocycles. The summed E-state index contributed by atoms with van der Waals surface area (Å²) in [7, 11) is 0. The number of hydrogen-bond acceptors (Lipinski definition) is 5. The van der Waals surface area contributed by atoms with Crippen LogP contribution in [-0.4, -0.2) is 45.2 Å². The van der Waals surface area contributed by atoms with Crippen LogP contribution in [0, 0.1) is 16.1 Å². The van der Waals surface area contributed by atoms with Gasteiger partial charge in [0.15, 0.2) is 4.77 Å². The molecular weight excluding hydrogens is 392 g/mol. The fraction of sp³-hybridized carbons (Fsp3) is 0.348. The highest BCUT2D eigenvalue weighted by Crippen LogP contribution is 2.39. The van der Waals surface area contributed by atoms with Gasteiger partial charge in [0.2, 0.25) is 0 Å². The third-order valence-corrected chi connectivity index (χ3v) is 6.33. The lowest BCUT2D eigenvalue weighted by atomic mass is 10.2. The number of aromatic nitrogens is 3. The van der Waals surface area contributed by atoms with E-state index < -0.39 is 0 Å². The fourth-order valence-corrected chi connectivity index (χ4v) is 4.47. The second kappa shape index (κ2) is 8.05. The van der Waals surface area contributed by atoms with E-state index in [-0.39, 0.29) is 0 Å². The van der Waals surface area contributed by atoms with Gasteiger partial charge in [-0.1, -0.05) is 30.3 Å². The molecule has 0 unspecified atom stereocenters. The Balaban J connectivity index is 1.31. The number of nitriles is 1. The van der Waals surface area contributed by atoms with E-state index in [2.05, 4.69) is 66.5 Å². The number of nitrogens with zero attached hydrogens (tertiary/aromatic N) is 6. The first kappa shape index (κ1) is 19.0.